The van der Waals surface area contributed by atoms with Crippen molar-refractivity contribution in [3.8, 4) is 5.75 Å². The molecule has 130 valence electrons. The number of ether oxygens (including phenoxy) is 3. The Kier molecular flexibility index (Phi) is 3.91. The lowest BCUT2D eigenvalue weighted by molar-refractivity contribution is -0.0573. The molecule has 1 aliphatic heterocycles. The Morgan fingerprint density at radius 3 is 2.92 bits per heavy atom. The molecule has 1 aromatic carbocycles. The Balaban J connectivity index is 1.73. The summed E-state index contributed by atoms with van der Waals surface area (Å²) in [6.45, 7) is 2.56. The van der Waals surface area contributed by atoms with E-state index in [0.717, 1.165) is 35.0 Å². The minimum atomic E-state index is -0.680. The van der Waals surface area contributed by atoms with Gasteiger partial charge in [-0.05, 0) is 31.9 Å². The van der Waals surface area contributed by atoms with Crippen LogP contribution in [0.3, 0.4) is 0 Å². The Morgan fingerprint density at radius 2 is 2.29 bits per heavy atom. The Bertz CT molecular complexity index is 758. The average molecular weight is 350 g/mol. The maximum Gasteiger partial charge on any atom is 0.185 e. The van der Waals surface area contributed by atoms with Crippen LogP contribution in [0.25, 0.3) is 10.2 Å². The predicted molar refractivity (Wildman–Crippen MR) is 92.1 cm³/mol. The van der Waals surface area contributed by atoms with E-state index in [2.05, 4.69) is 4.98 Å². The maximum atomic E-state index is 11.2. The van der Waals surface area contributed by atoms with Gasteiger partial charge in [-0.1, -0.05) is 17.8 Å². The van der Waals surface area contributed by atoms with Gasteiger partial charge >= 0.3 is 0 Å². The molecule has 0 amide bonds. The normalized spacial score (nSPS) is 26.1. The number of hydrogen-bond donors (Lipinski definition) is 2. The summed E-state index contributed by atoms with van der Waals surface area (Å²) >= 11 is 1.40. The standard InChI is InChI=1S/C17H22N2O4S/c1-3-22-15-14(23-15)17(5-4-6-17)13(20)10-7-9(21-2)8-11-12(10)19-16(18)24-11/h7-8,13-15,20H,3-6H2,1-2H3,(H2,18,19). The molecule has 2 fully saturated rings. The molecule has 3 N–H and O–H groups in total. The van der Waals surface area contributed by atoms with E-state index in [4.69, 9.17) is 19.9 Å². The maximum absolute atomic E-state index is 11.2. The van der Waals surface area contributed by atoms with Crippen LogP contribution in [0.15, 0.2) is 12.1 Å². The van der Waals surface area contributed by atoms with E-state index < -0.39 is 6.10 Å². The summed E-state index contributed by atoms with van der Waals surface area (Å²) in [6.07, 6.45) is 1.98. The number of rotatable bonds is 6. The van der Waals surface area contributed by atoms with Gasteiger partial charge in [-0.25, -0.2) is 4.98 Å². The van der Waals surface area contributed by atoms with Gasteiger partial charge in [0.25, 0.3) is 0 Å². The van der Waals surface area contributed by atoms with Crippen molar-refractivity contribution in [1.29, 1.82) is 0 Å². The zero-order valence-corrected chi connectivity index (χ0v) is 14.6. The second-order valence-corrected chi connectivity index (χ2v) is 7.55. The Labute approximate surface area is 144 Å². The van der Waals surface area contributed by atoms with Crippen LogP contribution in [0.5, 0.6) is 5.75 Å². The summed E-state index contributed by atoms with van der Waals surface area (Å²) < 4.78 is 17.6. The first-order valence-electron chi connectivity index (χ1n) is 8.28. The van der Waals surface area contributed by atoms with Crippen LogP contribution in [0, 0.1) is 5.41 Å². The predicted octanol–water partition coefficient (Wildman–Crippen LogP) is 2.85. The number of aromatic nitrogens is 1. The number of thiazole rings is 1. The number of nitrogens with two attached hydrogens (primary N) is 1. The van der Waals surface area contributed by atoms with E-state index in [0.29, 0.717) is 17.5 Å². The summed E-state index contributed by atoms with van der Waals surface area (Å²) in [7, 11) is 1.62. The highest BCUT2D eigenvalue weighted by atomic mass is 32.1. The fourth-order valence-corrected chi connectivity index (χ4v) is 4.57. The molecule has 0 spiro atoms. The molecule has 2 aromatic rings. The van der Waals surface area contributed by atoms with Crippen molar-refractivity contribution in [3.63, 3.8) is 0 Å². The third-order valence-corrected chi connectivity index (χ3v) is 6.05. The van der Waals surface area contributed by atoms with Crippen molar-refractivity contribution in [1.82, 2.24) is 4.98 Å². The first-order chi connectivity index (χ1) is 11.6. The number of anilines is 1. The summed E-state index contributed by atoms with van der Waals surface area (Å²) in [5.41, 5.74) is 7.09. The number of nitrogen functional groups attached to an aromatic ring is 1. The van der Waals surface area contributed by atoms with Gasteiger partial charge in [-0.15, -0.1) is 0 Å². The molecule has 24 heavy (non-hydrogen) atoms. The summed E-state index contributed by atoms with van der Waals surface area (Å²) in [6, 6.07) is 3.77. The largest absolute Gasteiger partial charge is 0.497 e. The third-order valence-electron chi connectivity index (χ3n) is 5.22. The number of nitrogens with zero attached hydrogens (tertiary/aromatic N) is 1. The Morgan fingerprint density at radius 1 is 1.50 bits per heavy atom. The number of epoxide rings is 1. The molecular weight excluding hydrogens is 328 g/mol. The average Bonchev–Trinajstić information content (AvgIpc) is 3.16. The van der Waals surface area contributed by atoms with Crippen molar-refractivity contribution in [2.45, 2.75) is 44.7 Å². The first kappa shape index (κ1) is 16.1. The summed E-state index contributed by atoms with van der Waals surface area (Å²) in [5, 5.41) is 11.7. The molecular formula is C17H22N2O4S. The quantitative estimate of drug-likeness (QED) is 0.779. The second-order valence-electron chi connectivity index (χ2n) is 6.49. The second kappa shape index (κ2) is 5.84. The number of aliphatic hydroxyl groups is 1. The minimum absolute atomic E-state index is 0.0570. The van der Waals surface area contributed by atoms with Crippen molar-refractivity contribution in [3.05, 3.63) is 17.7 Å². The number of aliphatic hydroxyl groups excluding tert-OH is 1. The van der Waals surface area contributed by atoms with Crippen LogP contribution in [0.4, 0.5) is 5.13 Å². The van der Waals surface area contributed by atoms with Crippen molar-refractivity contribution in [2.75, 3.05) is 19.5 Å². The van der Waals surface area contributed by atoms with Crippen LogP contribution in [0.1, 0.15) is 37.9 Å². The molecule has 7 heteroatoms. The fourth-order valence-electron chi connectivity index (χ4n) is 3.78. The van der Waals surface area contributed by atoms with Gasteiger partial charge < -0.3 is 25.1 Å². The fraction of sp³-hybridized carbons (Fsp3) is 0.588. The van der Waals surface area contributed by atoms with Crippen molar-refractivity contribution < 1.29 is 19.3 Å². The number of hydrogen-bond acceptors (Lipinski definition) is 7. The van der Waals surface area contributed by atoms with Gasteiger partial charge in [0.05, 0.1) is 23.4 Å². The summed E-state index contributed by atoms with van der Waals surface area (Å²) in [4.78, 5) is 4.43. The highest BCUT2D eigenvalue weighted by Crippen LogP contribution is 2.60. The lowest BCUT2D eigenvalue weighted by Crippen LogP contribution is -2.42. The van der Waals surface area contributed by atoms with Crippen LogP contribution in [-0.4, -0.2) is 36.2 Å². The molecule has 1 saturated heterocycles. The number of methoxy groups -OCH3 is 1. The monoisotopic (exact) mass is 350 g/mol. The summed E-state index contributed by atoms with van der Waals surface area (Å²) in [5.74, 6) is 0.702. The topological polar surface area (TPSA) is 90.1 Å². The molecule has 6 nitrogen and oxygen atoms in total. The smallest absolute Gasteiger partial charge is 0.185 e. The van der Waals surface area contributed by atoms with E-state index in [9.17, 15) is 5.11 Å². The third kappa shape index (κ3) is 2.38. The van der Waals surface area contributed by atoms with E-state index in [-0.39, 0.29) is 17.8 Å². The Hall–Kier alpha value is -1.41. The van der Waals surface area contributed by atoms with E-state index in [1.54, 1.807) is 7.11 Å². The molecule has 4 rings (SSSR count). The van der Waals surface area contributed by atoms with E-state index in [1.165, 1.54) is 11.3 Å². The van der Waals surface area contributed by atoms with Crippen LogP contribution < -0.4 is 10.5 Å². The highest BCUT2D eigenvalue weighted by molar-refractivity contribution is 7.22. The molecule has 0 bridgehead atoms. The number of fused-ring (bicyclic) bond motifs is 1. The van der Waals surface area contributed by atoms with Crippen molar-refractivity contribution >= 4 is 26.7 Å². The SMILES string of the molecule is CCOC1OC1C1(C(O)c2cc(OC)cc3sc(N)nc23)CCC1. The molecule has 1 aliphatic carbocycles. The zero-order chi connectivity index (χ0) is 16.9. The van der Waals surface area contributed by atoms with Gasteiger partial charge in [0.1, 0.15) is 11.9 Å². The van der Waals surface area contributed by atoms with Gasteiger partial charge in [-0.2, -0.15) is 0 Å². The first-order valence-corrected chi connectivity index (χ1v) is 9.10. The molecule has 2 heterocycles. The zero-order valence-electron chi connectivity index (χ0n) is 13.8. The van der Waals surface area contributed by atoms with Gasteiger partial charge in [0, 0.05) is 17.6 Å². The van der Waals surface area contributed by atoms with Gasteiger partial charge in [0.15, 0.2) is 11.4 Å². The molecule has 1 saturated carbocycles. The molecule has 3 atom stereocenters. The van der Waals surface area contributed by atoms with E-state index >= 15 is 0 Å². The molecule has 3 unspecified atom stereocenters. The van der Waals surface area contributed by atoms with Crippen LogP contribution in [0.2, 0.25) is 0 Å². The van der Waals surface area contributed by atoms with Crippen LogP contribution in [-0.2, 0) is 9.47 Å². The highest BCUT2D eigenvalue weighted by Gasteiger charge is 2.62. The van der Waals surface area contributed by atoms with E-state index in [1.807, 2.05) is 19.1 Å². The molecule has 0 radical (unpaired) electrons. The molecule has 2 aliphatic rings. The van der Waals surface area contributed by atoms with Crippen LogP contribution >= 0.6 is 11.3 Å². The lowest BCUT2D eigenvalue weighted by atomic mass is 9.61. The van der Waals surface area contributed by atoms with Gasteiger partial charge in [-0.3, -0.25) is 0 Å². The minimum Gasteiger partial charge on any atom is -0.497 e. The lowest BCUT2D eigenvalue weighted by Gasteiger charge is -2.44. The van der Waals surface area contributed by atoms with Gasteiger partial charge in [0.2, 0.25) is 0 Å². The molecule has 1 aromatic heterocycles. The van der Waals surface area contributed by atoms with Crippen molar-refractivity contribution in [2.24, 2.45) is 5.41 Å². The number of benzene rings is 1.